The van der Waals surface area contributed by atoms with Crippen LogP contribution in [0, 0.1) is 10.1 Å². The first-order valence-corrected chi connectivity index (χ1v) is 5.84. The first kappa shape index (κ1) is 13.5. The van der Waals surface area contributed by atoms with E-state index >= 15 is 0 Å². The molecule has 5 nitrogen and oxygen atoms in total. The molecule has 2 rings (SSSR count). The number of rotatable bonds is 4. The van der Waals surface area contributed by atoms with Crippen molar-refractivity contribution in [2.75, 3.05) is 0 Å². The maximum absolute atomic E-state index is 11.6. The van der Waals surface area contributed by atoms with Gasteiger partial charge in [-0.15, -0.1) is 0 Å². The molecule has 0 aliphatic carbocycles. The van der Waals surface area contributed by atoms with E-state index in [0.717, 1.165) is 5.56 Å². The molecular formula is C15H11NO4. The number of non-ortho nitro benzene ring substituents is 1. The summed E-state index contributed by atoms with van der Waals surface area (Å²) in [5.74, 6) is -0.277. The van der Waals surface area contributed by atoms with Crippen molar-refractivity contribution in [3.63, 3.8) is 0 Å². The van der Waals surface area contributed by atoms with Gasteiger partial charge in [0.1, 0.15) is 5.75 Å². The molecule has 100 valence electrons. The normalized spacial score (nSPS) is 10.4. The summed E-state index contributed by atoms with van der Waals surface area (Å²) in [6, 6.07) is 14.6. The summed E-state index contributed by atoms with van der Waals surface area (Å²) in [4.78, 5) is 21.5. The zero-order valence-electron chi connectivity index (χ0n) is 10.4. The molecule has 5 heteroatoms. The van der Waals surface area contributed by atoms with Gasteiger partial charge >= 0.3 is 5.97 Å². The van der Waals surface area contributed by atoms with Crippen LogP contribution in [-0.4, -0.2) is 10.9 Å². The van der Waals surface area contributed by atoms with E-state index in [-0.39, 0.29) is 11.4 Å². The molecule has 0 fully saturated rings. The Labute approximate surface area is 115 Å². The molecule has 0 saturated heterocycles. The first-order valence-electron chi connectivity index (χ1n) is 5.84. The van der Waals surface area contributed by atoms with Crippen molar-refractivity contribution in [2.24, 2.45) is 0 Å². The molecule has 0 amide bonds. The number of nitrogens with zero attached hydrogens (tertiary/aromatic N) is 1. The van der Waals surface area contributed by atoms with Gasteiger partial charge in [0.15, 0.2) is 0 Å². The lowest BCUT2D eigenvalue weighted by Gasteiger charge is -2.00. The van der Waals surface area contributed by atoms with Gasteiger partial charge in [-0.2, -0.15) is 0 Å². The highest BCUT2D eigenvalue weighted by Crippen LogP contribution is 2.17. The molecule has 2 aromatic rings. The van der Waals surface area contributed by atoms with Crippen molar-refractivity contribution in [2.45, 2.75) is 0 Å². The van der Waals surface area contributed by atoms with Gasteiger partial charge in [0.2, 0.25) is 0 Å². The van der Waals surface area contributed by atoms with Crippen LogP contribution in [0.25, 0.3) is 6.08 Å². The second-order valence-electron chi connectivity index (χ2n) is 3.92. The molecule has 0 radical (unpaired) electrons. The number of ether oxygens (including phenoxy) is 1. The maximum Gasteiger partial charge on any atom is 0.336 e. The summed E-state index contributed by atoms with van der Waals surface area (Å²) in [6.07, 6.45) is 2.93. The fraction of sp³-hybridized carbons (Fsp3) is 0. The largest absolute Gasteiger partial charge is 0.423 e. The average Bonchev–Trinajstić information content (AvgIpc) is 2.47. The molecule has 0 spiro atoms. The second-order valence-corrected chi connectivity index (χ2v) is 3.92. The van der Waals surface area contributed by atoms with Crippen molar-refractivity contribution < 1.29 is 14.5 Å². The van der Waals surface area contributed by atoms with Gasteiger partial charge in [0, 0.05) is 18.2 Å². The van der Waals surface area contributed by atoms with Crippen molar-refractivity contribution in [3.05, 3.63) is 76.4 Å². The maximum atomic E-state index is 11.6. The highest BCUT2D eigenvalue weighted by Gasteiger charge is 2.06. The van der Waals surface area contributed by atoms with Crippen LogP contribution < -0.4 is 4.74 Å². The fourth-order valence-electron chi connectivity index (χ4n) is 1.51. The lowest BCUT2D eigenvalue weighted by Crippen LogP contribution is -2.03. The van der Waals surface area contributed by atoms with Crippen molar-refractivity contribution in [1.82, 2.24) is 0 Å². The Bertz CT molecular complexity index is 633. The number of esters is 1. The standard InChI is InChI=1S/C15H11NO4/c17-15(11-6-12-4-2-1-3-5-12)20-14-9-7-13(8-10-14)16(18)19/h1-11H/b11-6+. The summed E-state index contributed by atoms with van der Waals surface area (Å²) in [6.45, 7) is 0. The van der Waals surface area contributed by atoms with Crippen LogP contribution in [0.1, 0.15) is 5.56 Å². The van der Waals surface area contributed by atoms with Crippen LogP contribution in [0.15, 0.2) is 60.7 Å². The van der Waals surface area contributed by atoms with E-state index in [9.17, 15) is 14.9 Å². The summed E-state index contributed by atoms with van der Waals surface area (Å²) in [7, 11) is 0. The topological polar surface area (TPSA) is 69.4 Å². The molecule has 0 aliphatic rings. The Kier molecular flexibility index (Phi) is 4.24. The Hall–Kier alpha value is -2.95. The number of nitro groups is 1. The molecule has 0 unspecified atom stereocenters. The van der Waals surface area contributed by atoms with Gasteiger partial charge in [-0.3, -0.25) is 10.1 Å². The van der Waals surface area contributed by atoms with E-state index in [1.165, 1.54) is 30.3 Å². The number of benzene rings is 2. The molecule has 0 N–H and O–H groups in total. The molecule has 0 atom stereocenters. The van der Waals surface area contributed by atoms with Gasteiger partial charge in [0.05, 0.1) is 4.92 Å². The Morgan fingerprint density at radius 2 is 1.70 bits per heavy atom. The summed E-state index contributed by atoms with van der Waals surface area (Å²) in [5.41, 5.74) is 0.831. The van der Waals surface area contributed by atoms with Crippen molar-refractivity contribution in [1.29, 1.82) is 0 Å². The average molecular weight is 269 g/mol. The van der Waals surface area contributed by atoms with Gasteiger partial charge in [0.25, 0.3) is 5.69 Å². The van der Waals surface area contributed by atoms with Gasteiger partial charge in [-0.1, -0.05) is 30.3 Å². The quantitative estimate of drug-likeness (QED) is 0.281. The summed E-state index contributed by atoms with van der Waals surface area (Å²) in [5, 5.41) is 10.5. The number of hydrogen-bond donors (Lipinski definition) is 0. The van der Waals surface area contributed by atoms with Gasteiger partial charge in [-0.05, 0) is 23.8 Å². The van der Waals surface area contributed by atoms with E-state index in [0.29, 0.717) is 0 Å². The Morgan fingerprint density at radius 3 is 2.30 bits per heavy atom. The minimum atomic E-state index is -0.539. The molecule has 0 saturated carbocycles. The number of carbonyl (C=O) groups is 1. The van der Waals surface area contributed by atoms with E-state index in [1.54, 1.807) is 6.08 Å². The molecule has 2 aromatic carbocycles. The lowest BCUT2D eigenvalue weighted by atomic mass is 10.2. The van der Waals surface area contributed by atoms with Gasteiger partial charge < -0.3 is 4.74 Å². The van der Waals surface area contributed by atoms with Crippen molar-refractivity contribution >= 4 is 17.7 Å². The van der Waals surface area contributed by atoms with Crippen LogP contribution >= 0.6 is 0 Å². The van der Waals surface area contributed by atoms with E-state index in [2.05, 4.69) is 0 Å². The first-order chi connectivity index (χ1) is 9.65. The third kappa shape index (κ3) is 3.78. The monoisotopic (exact) mass is 269 g/mol. The zero-order valence-corrected chi connectivity index (χ0v) is 10.4. The van der Waals surface area contributed by atoms with E-state index in [1.807, 2.05) is 30.3 Å². The lowest BCUT2D eigenvalue weighted by molar-refractivity contribution is -0.384. The minimum absolute atomic E-state index is 0.0513. The molecule has 0 aromatic heterocycles. The van der Waals surface area contributed by atoms with Crippen molar-refractivity contribution in [3.8, 4) is 5.75 Å². The highest BCUT2D eigenvalue weighted by atomic mass is 16.6. The van der Waals surface area contributed by atoms with Crippen LogP contribution in [-0.2, 0) is 4.79 Å². The summed E-state index contributed by atoms with van der Waals surface area (Å²) < 4.78 is 5.02. The Balaban J connectivity index is 1.98. The molecule has 0 aliphatic heterocycles. The third-order valence-electron chi connectivity index (χ3n) is 2.48. The smallest absolute Gasteiger partial charge is 0.336 e. The van der Waals surface area contributed by atoms with E-state index in [4.69, 9.17) is 4.74 Å². The molecule has 0 heterocycles. The number of carbonyl (C=O) groups excluding carboxylic acids is 1. The SMILES string of the molecule is O=C(/C=C/c1ccccc1)Oc1ccc([N+](=O)[O-])cc1. The van der Waals surface area contributed by atoms with Crippen LogP contribution in [0.4, 0.5) is 5.69 Å². The van der Waals surface area contributed by atoms with E-state index < -0.39 is 10.9 Å². The number of nitro benzene ring substituents is 1. The summed E-state index contributed by atoms with van der Waals surface area (Å²) >= 11 is 0. The molecular weight excluding hydrogens is 258 g/mol. The van der Waals surface area contributed by atoms with Crippen LogP contribution in [0.3, 0.4) is 0 Å². The third-order valence-corrected chi connectivity index (χ3v) is 2.48. The van der Waals surface area contributed by atoms with Gasteiger partial charge in [-0.25, -0.2) is 4.79 Å². The highest BCUT2D eigenvalue weighted by molar-refractivity contribution is 5.88. The molecule has 0 bridgehead atoms. The predicted molar refractivity (Wildman–Crippen MR) is 74.2 cm³/mol. The molecule has 20 heavy (non-hydrogen) atoms. The zero-order chi connectivity index (χ0) is 14.4. The predicted octanol–water partition coefficient (Wildman–Crippen LogP) is 3.21. The second kappa shape index (κ2) is 6.29. The fourth-order valence-corrected chi connectivity index (χ4v) is 1.51. The van der Waals surface area contributed by atoms with Crippen LogP contribution in [0.5, 0.6) is 5.75 Å². The van der Waals surface area contributed by atoms with Crippen LogP contribution in [0.2, 0.25) is 0 Å². The number of hydrogen-bond acceptors (Lipinski definition) is 4. The minimum Gasteiger partial charge on any atom is -0.423 e. The Morgan fingerprint density at radius 1 is 1.05 bits per heavy atom.